The maximum atomic E-state index is 13.8. The molecule has 1 unspecified atom stereocenters. The first-order chi connectivity index (χ1) is 20.3. The molecule has 2 heterocycles. The van der Waals surface area contributed by atoms with Gasteiger partial charge in [-0.1, -0.05) is 71.7 Å². The van der Waals surface area contributed by atoms with Crippen molar-refractivity contribution in [2.75, 3.05) is 23.5 Å². The van der Waals surface area contributed by atoms with Crippen molar-refractivity contribution in [2.24, 2.45) is 0 Å². The van der Waals surface area contributed by atoms with Gasteiger partial charge in [0.1, 0.15) is 12.6 Å². The smallest absolute Gasteiger partial charge is 0.255 e. The highest BCUT2D eigenvalue weighted by atomic mass is 35.5. The number of hydrogen-bond acceptors (Lipinski definition) is 7. The van der Waals surface area contributed by atoms with Crippen LogP contribution in [0, 0.1) is 6.92 Å². The summed E-state index contributed by atoms with van der Waals surface area (Å²) in [6.45, 7) is 6.15. The molecule has 0 saturated carbocycles. The molecule has 1 aromatic heterocycles. The summed E-state index contributed by atoms with van der Waals surface area (Å²) in [5.74, 6) is 2.21. The van der Waals surface area contributed by atoms with Gasteiger partial charge < -0.3 is 20.1 Å². The van der Waals surface area contributed by atoms with Gasteiger partial charge in [0.15, 0.2) is 11.5 Å². The lowest BCUT2D eigenvalue weighted by molar-refractivity contribution is -0.113. The number of nitrogens with zero attached hydrogens (tertiary/aromatic N) is 3. The van der Waals surface area contributed by atoms with Crippen molar-refractivity contribution in [1.82, 2.24) is 14.8 Å². The standard InChI is InChI=1S/C31H31Cl2N5O3S/c1-5-15-42-31-36-30-34-19(3)27(29(39)35-21-12-9-18(2)10-13-21)28(38(30)37-31)20-11-14-25(26(16-20)40-4)41-17-22-23(32)7-6-8-24(22)33/h6-14,16,28H,5,15,17H2,1-4H3,(H,35,39)(H,34,36,37). The summed E-state index contributed by atoms with van der Waals surface area (Å²) < 4.78 is 13.6. The Morgan fingerprint density at radius 2 is 1.81 bits per heavy atom. The van der Waals surface area contributed by atoms with Gasteiger partial charge in [-0.15, -0.1) is 5.10 Å². The van der Waals surface area contributed by atoms with E-state index in [9.17, 15) is 4.79 Å². The Kier molecular flexibility index (Phi) is 9.30. The molecule has 0 aliphatic carbocycles. The topological polar surface area (TPSA) is 90.3 Å². The second-order valence-corrected chi connectivity index (χ2v) is 11.7. The monoisotopic (exact) mass is 623 g/mol. The molecule has 4 aromatic rings. The van der Waals surface area contributed by atoms with E-state index in [4.69, 9.17) is 42.8 Å². The van der Waals surface area contributed by atoms with Crippen LogP contribution in [0.3, 0.4) is 0 Å². The minimum absolute atomic E-state index is 0.163. The number of hydrogen-bond donors (Lipinski definition) is 2. The van der Waals surface area contributed by atoms with E-state index in [0.717, 1.165) is 23.3 Å². The second-order valence-electron chi connectivity index (χ2n) is 9.80. The third-order valence-electron chi connectivity index (χ3n) is 6.76. The Morgan fingerprint density at radius 3 is 2.50 bits per heavy atom. The number of amides is 1. The van der Waals surface area contributed by atoms with Crippen LogP contribution in [0.2, 0.25) is 10.0 Å². The van der Waals surface area contributed by atoms with E-state index in [0.29, 0.717) is 55.2 Å². The predicted molar refractivity (Wildman–Crippen MR) is 169 cm³/mol. The van der Waals surface area contributed by atoms with E-state index >= 15 is 0 Å². The van der Waals surface area contributed by atoms with Crippen molar-refractivity contribution in [3.63, 3.8) is 0 Å². The van der Waals surface area contributed by atoms with Crippen LogP contribution in [-0.4, -0.2) is 33.5 Å². The molecule has 3 aromatic carbocycles. The number of aryl methyl sites for hydroxylation is 1. The maximum absolute atomic E-state index is 13.8. The zero-order valence-electron chi connectivity index (χ0n) is 23.7. The lowest BCUT2D eigenvalue weighted by Crippen LogP contribution is -2.31. The maximum Gasteiger partial charge on any atom is 0.255 e. The van der Waals surface area contributed by atoms with Crippen molar-refractivity contribution < 1.29 is 14.3 Å². The summed E-state index contributed by atoms with van der Waals surface area (Å²) in [6.07, 6.45) is 0.991. The SMILES string of the molecule is CCCSc1nc2n(n1)C(c1ccc(OCc3c(Cl)cccc3Cl)c(OC)c1)C(C(=O)Nc1ccc(C)cc1)=C(C)N2. The highest BCUT2D eigenvalue weighted by molar-refractivity contribution is 7.99. The molecule has 0 bridgehead atoms. The van der Waals surface area contributed by atoms with Gasteiger partial charge in [-0.2, -0.15) is 4.98 Å². The summed E-state index contributed by atoms with van der Waals surface area (Å²) in [4.78, 5) is 18.5. The first-order valence-corrected chi connectivity index (χ1v) is 15.2. The quantitative estimate of drug-likeness (QED) is 0.173. The Hall–Kier alpha value is -3.66. The molecule has 218 valence electrons. The van der Waals surface area contributed by atoms with Gasteiger partial charge in [0.25, 0.3) is 5.91 Å². The van der Waals surface area contributed by atoms with Crippen molar-refractivity contribution in [3.05, 3.63) is 98.7 Å². The number of carbonyl (C=O) groups excluding carboxylic acids is 1. The van der Waals surface area contributed by atoms with Crippen LogP contribution in [0.15, 0.2) is 77.1 Å². The molecule has 0 radical (unpaired) electrons. The van der Waals surface area contributed by atoms with Gasteiger partial charge in [0.2, 0.25) is 11.1 Å². The molecule has 42 heavy (non-hydrogen) atoms. The number of allylic oxidation sites excluding steroid dienone is 1. The van der Waals surface area contributed by atoms with E-state index in [-0.39, 0.29) is 12.5 Å². The fourth-order valence-electron chi connectivity index (χ4n) is 4.62. The lowest BCUT2D eigenvalue weighted by atomic mass is 9.94. The molecule has 1 aliphatic heterocycles. The zero-order valence-corrected chi connectivity index (χ0v) is 26.0. The van der Waals surface area contributed by atoms with E-state index in [1.807, 2.05) is 56.3 Å². The predicted octanol–water partition coefficient (Wildman–Crippen LogP) is 7.91. The van der Waals surface area contributed by atoms with Gasteiger partial charge in [-0.25, -0.2) is 4.68 Å². The number of benzene rings is 3. The Morgan fingerprint density at radius 1 is 1.07 bits per heavy atom. The molecule has 11 heteroatoms. The summed E-state index contributed by atoms with van der Waals surface area (Å²) in [7, 11) is 1.57. The zero-order chi connectivity index (χ0) is 29.8. The third-order valence-corrected chi connectivity index (χ3v) is 8.51. The first kappa shape index (κ1) is 29.8. The molecule has 1 aliphatic rings. The number of fused-ring (bicyclic) bond motifs is 1. The van der Waals surface area contributed by atoms with Crippen LogP contribution in [0.5, 0.6) is 11.5 Å². The summed E-state index contributed by atoms with van der Waals surface area (Å²) in [6, 6.07) is 18.0. The van der Waals surface area contributed by atoms with Gasteiger partial charge >= 0.3 is 0 Å². The summed E-state index contributed by atoms with van der Waals surface area (Å²) >= 11 is 14.3. The van der Waals surface area contributed by atoms with E-state index < -0.39 is 6.04 Å². The van der Waals surface area contributed by atoms with E-state index in [2.05, 4.69) is 17.6 Å². The molecule has 0 spiro atoms. The number of aromatic nitrogens is 3. The minimum Gasteiger partial charge on any atom is -0.493 e. The summed E-state index contributed by atoms with van der Waals surface area (Å²) in [5.41, 5.74) is 4.47. The van der Waals surface area contributed by atoms with E-state index in [1.165, 1.54) is 0 Å². The molecular weight excluding hydrogens is 593 g/mol. The van der Waals surface area contributed by atoms with Crippen LogP contribution >= 0.6 is 35.0 Å². The molecular formula is C31H31Cl2N5O3S. The molecule has 1 atom stereocenters. The fraction of sp³-hybridized carbons (Fsp3) is 0.258. The molecule has 5 rings (SSSR count). The molecule has 0 fully saturated rings. The van der Waals surface area contributed by atoms with E-state index in [1.54, 1.807) is 41.8 Å². The number of methoxy groups -OCH3 is 1. The molecule has 2 N–H and O–H groups in total. The number of rotatable bonds is 10. The van der Waals surface area contributed by atoms with Crippen LogP contribution < -0.4 is 20.1 Å². The average Bonchev–Trinajstić information content (AvgIpc) is 3.38. The molecule has 0 saturated heterocycles. The van der Waals surface area contributed by atoms with Gasteiger partial charge in [0.05, 0.1) is 12.7 Å². The number of halogens is 2. The van der Waals surface area contributed by atoms with Crippen LogP contribution in [-0.2, 0) is 11.4 Å². The van der Waals surface area contributed by atoms with Crippen molar-refractivity contribution in [1.29, 1.82) is 0 Å². The van der Waals surface area contributed by atoms with Crippen LogP contribution in [0.1, 0.15) is 43.0 Å². The van der Waals surface area contributed by atoms with Crippen molar-refractivity contribution in [2.45, 2.75) is 45.0 Å². The van der Waals surface area contributed by atoms with Gasteiger partial charge in [0, 0.05) is 32.7 Å². The highest BCUT2D eigenvalue weighted by Gasteiger charge is 2.35. The van der Waals surface area contributed by atoms with Crippen LogP contribution in [0.25, 0.3) is 0 Å². The van der Waals surface area contributed by atoms with Crippen molar-refractivity contribution >= 4 is 52.5 Å². The first-order valence-electron chi connectivity index (χ1n) is 13.5. The Bertz CT molecular complexity index is 1620. The number of nitrogens with one attached hydrogen (secondary N) is 2. The molecule has 1 amide bonds. The number of ether oxygens (including phenoxy) is 2. The lowest BCUT2D eigenvalue weighted by Gasteiger charge is -2.29. The average molecular weight is 625 g/mol. The van der Waals surface area contributed by atoms with Gasteiger partial charge in [-0.3, -0.25) is 4.79 Å². The highest BCUT2D eigenvalue weighted by Crippen LogP contribution is 2.40. The Labute approximate surface area is 259 Å². The minimum atomic E-state index is -0.573. The van der Waals surface area contributed by atoms with Gasteiger partial charge in [-0.05, 0) is 62.2 Å². The largest absolute Gasteiger partial charge is 0.493 e. The van der Waals surface area contributed by atoms with Crippen LogP contribution in [0.4, 0.5) is 11.6 Å². The number of anilines is 2. The molecule has 8 nitrogen and oxygen atoms in total. The second kappa shape index (κ2) is 13.1. The normalized spacial score (nSPS) is 14.3. The third kappa shape index (κ3) is 6.38. The number of thioether (sulfide) groups is 1. The van der Waals surface area contributed by atoms with Crippen molar-refractivity contribution in [3.8, 4) is 11.5 Å². The number of carbonyl (C=O) groups is 1. The fourth-order valence-corrected chi connectivity index (χ4v) is 5.81. The summed E-state index contributed by atoms with van der Waals surface area (Å²) in [5, 5.41) is 12.8. The Balaban J connectivity index is 1.51.